The van der Waals surface area contributed by atoms with Gasteiger partial charge >= 0.3 is 0 Å². The summed E-state index contributed by atoms with van der Waals surface area (Å²) in [6.07, 6.45) is 19.7. The zero-order valence-electron chi connectivity index (χ0n) is 20.7. The quantitative estimate of drug-likeness (QED) is 0.150. The lowest BCUT2D eigenvalue weighted by Gasteiger charge is -2.43. The molecule has 0 aromatic heterocycles. The van der Waals surface area contributed by atoms with Crippen molar-refractivity contribution in [3.63, 3.8) is 0 Å². The van der Waals surface area contributed by atoms with Crippen LogP contribution in [0, 0.1) is 5.92 Å². The molecule has 28 heavy (non-hydrogen) atoms. The Labute approximate surface area is 178 Å². The van der Waals surface area contributed by atoms with Crippen molar-refractivity contribution < 1.29 is 9.47 Å². The van der Waals surface area contributed by atoms with Crippen LogP contribution in [-0.4, -0.2) is 18.0 Å². The van der Waals surface area contributed by atoms with Crippen LogP contribution in [0.15, 0.2) is 0 Å². The van der Waals surface area contributed by atoms with Gasteiger partial charge in [-0.2, -0.15) is 0 Å². The highest BCUT2D eigenvalue weighted by molar-refractivity contribution is 4.82. The fourth-order valence-electron chi connectivity index (χ4n) is 4.36. The SMILES string of the molecule is CCCCCCCCC(CCCCC)C(CCCCC)(OC(C)C)OC(C)C. The summed E-state index contributed by atoms with van der Waals surface area (Å²) in [6.45, 7) is 15.6. The normalized spacial score (nSPS) is 13.6. The molecule has 0 aromatic carbocycles. The summed E-state index contributed by atoms with van der Waals surface area (Å²) in [4.78, 5) is 0. The zero-order chi connectivity index (χ0) is 21.3. The molecule has 1 atom stereocenters. The van der Waals surface area contributed by atoms with Crippen molar-refractivity contribution in [2.24, 2.45) is 5.92 Å². The summed E-state index contributed by atoms with van der Waals surface area (Å²) >= 11 is 0. The van der Waals surface area contributed by atoms with Crippen LogP contribution in [0.2, 0.25) is 0 Å². The smallest absolute Gasteiger partial charge is 0.171 e. The minimum atomic E-state index is -0.394. The van der Waals surface area contributed by atoms with Crippen molar-refractivity contribution >= 4 is 0 Å². The van der Waals surface area contributed by atoms with E-state index in [-0.39, 0.29) is 12.2 Å². The van der Waals surface area contributed by atoms with E-state index in [1.807, 2.05) is 0 Å². The largest absolute Gasteiger partial charge is 0.347 e. The molecule has 0 aliphatic rings. The van der Waals surface area contributed by atoms with E-state index >= 15 is 0 Å². The lowest BCUT2D eigenvalue weighted by molar-refractivity contribution is -0.302. The van der Waals surface area contributed by atoms with E-state index in [2.05, 4.69) is 48.5 Å². The molecule has 0 aromatic rings. The summed E-state index contributed by atoms with van der Waals surface area (Å²) in [7, 11) is 0. The Morgan fingerprint density at radius 1 is 0.536 bits per heavy atom. The van der Waals surface area contributed by atoms with Crippen LogP contribution in [0.25, 0.3) is 0 Å². The molecule has 0 radical (unpaired) electrons. The topological polar surface area (TPSA) is 18.5 Å². The lowest BCUT2D eigenvalue weighted by Crippen LogP contribution is -2.47. The van der Waals surface area contributed by atoms with Crippen molar-refractivity contribution in [3.05, 3.63) is 0 Å². The van der Waals surface area contributed by atoms with Gasteiger partial charge in [0.2, 0.25) is 0 Å². The number of hydrogen-bond acceptors (Lipinski definition) is 2. The molecule has 170 valence electrons. The minimum absolute atomic E-state index is 0.207. The van der Waals surface area contributed by atoms with E-state index in [4.69, 9.17) is 9.47 Å². The van der Waals surface area contributed by atoms with E-state index in [9.17, 15) is 0 Å². The van der Waals surface area contributed by atoms with Crippen molar-refractivity contribution in [1.82, 2.24) is 0 Å². The predicted octanol–water partition coefficient (Wildman–Crippen LogP) is 9.06. The Morgan fingerprint density at radius 2 is 0.929 bits per heavy atom. The Kier molecular flexibility index (Phi) is 17.7. The highest BCUT2D eigenvalue weighted by Crippen LogP contribution is 2.39. The van der Waals surface area contributed by atoms with E-state index in [1.54, 1.807) is 0 Å². The third-order valence-electron chi connectivity index (χ3n) is 5.68. The molecular weight excluding hydrogens is 344 g/mol. The molecule has 0 heterocycles. The van der Waals surface area contributed by atoms with Gasteiger partial charge in [-0.25, -0.2) is 0 Å². The van der Waals surface area contributed by atoms with Gasteiger partial charge in [0.25, 0.3) is 0 Å². The maximum absolute atomic E-state index is 6.66. The third-order valence-corrected chi connectivity index (χ3v) is 5.68. The van der Waals surface area contributed by atoms with Crippen molar-refractivity contribution in [3.8, 4) is 0 Å². The van der Waals surface area contributed by atoms with Crippen LogP contribution < -0.4 is 0 Å². The fourth-order valence-corrected chi connectivity index (χ4v) is 4.36. The van der Waals surface area contributed by atoms with E-state index in [0.29, 0.717) is 5.92 Å². The molecule has 1 unspecified atom stereocenters. The summed E-state index contributed by atoms with van der Waals surface area (Å²) in [5.74, 6) is 0.126. The first kappa shape index (κ1) is 27.9. The van der Waals surface area contributed by atoms with Crippen LogP contribution >= 0.6 is 0 Å². The zero-order valence-corrected chi connectivity index (χ0v) is 20.7. The van der Waals surface area contributed by atoms with Crippen LogP contribution in [0.5, 0.6) is 0 Å². The number of hydrogen-bond donors (Lipinski definition) is 0. The molecule has 0 spiro atoms. The van der Waals surface area contributed by atoms with E-state index in [1.165, 1.54) is 89.9 Å². The van der Waals surface area contributed by atoms with Gasteiger partial charge in [0.15, 0.2) is 5.79 Å². The predicted molar refractivity (Wildman–Crippen MR) is 125 cm³/mol. The molecule has 0 saturated heterocycles. The maximum atomic E-state index is 6.66. The van der Waals surface area contributed by atoms with Gasteiger partial charge < -0.3 is 9.47 Å². The molecule has 0 fully saturated rings. The summed E-state index contributed by atoms with van der Waals surface area (Å²) in [5, 5.41) is 0. The molecule has 0 rings (SSSR count). The van der Waals surface area contributed by atoms with E-state index < -0.39 is 5.79 Å². The third kappa shape index (κ3) is 13.2. The molecule has 2 nitrogen and oxygen atoms in total. The van der Waals surface area contributed by atoms with Crippen molar-refractivity contribution in [2.45, 2.75) is 163 Å². The molecule has 0 N–H and O–H groups in total. The maximum Gasteiger partial charge on any atom is 0.171 e. The van der Waals surface area contributed by atoms with Gasteiger partial charge in [-0.1, -0.05) is 91.4 Å². The molecule has 0 saturated carbocycles. The Bertz CT molecular complexity index is 314. The van der Waals surface area contributed by atoms with Crippen LogP contribution in [0.4, 0.5) is 0 Å². The Balaban J connectivity index is 5.23. The molecule has 0 aliphatic heterocycles. The Morgan fingerprint density at radius 3 is 1.43 bits per heavy atom. The van der Waals surface area contributed by atoms with Gasteiger partial charge in [-0.05, 0) is 47.0 Å². The van der Waals surface area contributed by atoms with Crippen molar-refractivity contribution in [2.75, 3.05) is 0 Å². The second kappa shape index (κ2) is 17.8. The second-order valence-electron chi connectivity index (χ2n) is 9.35. The first-order valence-electron chi connectivity index (χ1n) is 12.8. The van der Waals surface area contributed by atoms with Gasteiger partial charge in [0, 0.05) is 12.3 Å². The second-order valence-corrected chi connectivity index (χ2v) is 9.35. The molecular formula is C26H54O2. The van der Waals surface area contributed by atoms with Crippen LogP contribution in [0.1, 0.15) is 145 Å². The van der Waals surface area contributed by atoms with Gasteiger partial charge in [0.1, 0.15) is 0 Å². The standard InChI is InChI=1S/C26H54O2/c1-8-11-14-15-16-18-21-25(20-17-12-9-2)26(27-23(4)5,28-24(6)7)22-19-13-10-3/h23-25H,8-22H2,1-7H3. The van der Waals surface area contributed by atoms with Gasteiger partial charge in [0.05, 0.1) is 12.2 Å². The van der Waals surface area contributed by atoms with Crippen molar-refractivity contribution in [1.29, 1.82) is 0 Å². The summed E-state index contributed by atoms with van der Waals surface area (Å²) in [5.41, 5.74) is 0. The molecule has 0 bridgehead atoms. The van der Waals surface area contributed by atoms with Gasteiger partial charge in [-0.3, -0.25) is 0 Å². The van der Waals surface area contributed by atoms with Gasteiger partial charge in [-0.15, -0.1) is 0 Å². The lowest BCUT2D eigenvalue weighted by atomic mass is 9.83. The minimum Gasteiger partial charge on any atom is -0.347 e. The fraction of sp³-hybridized carbons (Fsp3) is 1.00. The number of rotatable bonds is 20. The average molecular weight is 399 g/mol. The Hall–Kier alpha value is -0.0800. The highest BCUT2D eigenvalue weighted by atomic mass is 16.7. The molecule has 0 amide bonds. The highest BCUT2D eigenvalue weighted by Gasteiger charge is 2.41. The number of unbranched alkanes of at least 4 members (excludes halogenated alkanes) is 9. The van der Waals surface area contributed by atoms with Crippen LogP contribution in [0.3, 0.4) is 0 Å². The first-order chi connectivity index (χ1) is 13.4. The monoisotopic (exact) mass is 398 g/mol. The first-order valence-corrected chi connectivity index (χ1v) is 12.8. The average Bonchev–Trinajstić information content (AvgIpc) is 2.62. The van der Waals surface area contributed by atoms with Crippen LogP contribution in [-0.2, 0) is 9.47 Å². The molecule has 0 aliphatic carbocycles. The van der Waals surface area contributed by atoms with E-state index in [0.717, 1.165) is 6.42 Å². The molecule has 2 heteroatoms. The summed E-state index contributed by atoms with van der Waals surface area (Å²) < 4.78 is 13.3. The summed E-state index contributed by atoms with van der Waals surface area (Å²) in [6, 6.07) is 0. The number of ether oxygens (including phenoxy) is 2.